The molecule has 0 aromatic heterocycles. The number of hydrogen-bond acceptors (Lipinski definition) is 5. The fourth-order valence-corrected chi connectivity index (χ4v) is 6.54. The summed E-state index contributed by atoms with van der Waals surface area (Å²) in [6.07, 6.45) is 2.63. The highest BCUT2D eigenvalue weighted by Crippen LogP contribution is 2.33. The maximum Gasteiger partial charge on any atom is 0.265 e. The smallest absolute Gasteiger partial charge is 0.265 e. The number of benzene rings is 2. The third-order valence-electron chi connectivity index (χ3n) is 5.13. The van der Waals surface area contributed by atoms with E-state index in [-0.39, 0.29) is 16.4 Å². The number of nitrogens with one attached hydrogen (secondary N) is 1. The molecule has 30 heavy (non-hydrogen) atoms. The quantitative estimate of drug-likeness (QED) is 0.661. The lowest BCUT2D eigenvalue weighted by molar-refractivity contribution is 0.402. The molecule has 0 saturated heterocycles. The Bertz CT molecular complexity index is 1130. The third kappa shape index (κ3) is 4.57. The van der Waals surface area contributed by atoms with Crippen LogP contribution in [0.5, 0.6) is 5.75 Å². The molecule has 0 bridgehead atoms. The molecule has 0 atom stereocenters. The Kier molecular flexibility index (Phi) is 6.62. The average molecular weight is 453 g/mol. The molecule has 9 heteroatoms. The molecule has 1 N–H and O–H groups in total. The molecule has 0 radical (unpaired) electrons. The molecule has 0 fully saturated rings. The van der Waals surface area contributed by atoms with Crippen LogP contribution < -0.4 is 13.8 Å². The van der Waals surface area contributed by atoms with E-state index in [4.69, 9.17) is 4.74 Å². The van der Waals surface area contributed by atoms with Gasteiger partial charge in [0.1, 0.15) is 10.6 Å². The van der Waals surface area contributed by atoms with Crippen molar-refractivity contribution in [1.82, 2.24) is 0 Å². The molecule has 3 rings (SSSR count). The van der Waals surface area contributed by atoms with E-state index in [1.54, 1.807) is 30.3 Å². The van der Waals surface area contributed by atoms with Gasteiger partial charge in [0.25, 0.3) is 10.0 Å². The summed E-state index contributed by atoms with van der Waals surface area (Å²) in [4.78, 5) is 0.0780. The van der Waals surface area contributed by atoms with Crippen molar-refractivity contribution in [2.75, 3.05) is 28.4 Å². The molecular weight excluding hydrogens is 424 g/mol. The third-order valence-corrected chi connectivity index (χ3v) is 8.51. The monoisotopic (exact) mass is 452 g/mol. The Morgan fingerprint density at radius 1 is 1.07 bits per heavy atom. The highest BCUT2D eigenvalue weighted by atomic mass is 32.2. The van der Waals surface area contributed by atoms with Crippen LogP contribution in [0.2, 0.25) is 0 Å². The van der Waals surface area contributed by atoms with Gasteiger partial charge >= 0.3 is 0 Å². The SMILES string of the molecule is CCCS(=O)(=O)N1CCCc2cc(NS(=O)(=O)c3cc(CC)ccc3OC)ccc21. The summed E-state index contributed by atoms with van der Waals surface area (Å²) in [5.74, 6) is 0.364. The molecule has 7 nitrogen and oxygen atoms in total. The largest absolute Gasteiger partial charge is 0.495 e. The van der Waals surface area contributed by atoms with Crippen LogP contribution in [0.25, 0.3) is 0 Å². The lowest BCUT2D eigenvalue weighted by Gasteiger charge is -2.30. The predicted octanol–water partition coefficient (Wildman–Crippen LogP) is 3.55. The van der Waals surface area contributed by atoms with Crippen molar-refractivity contribution in [3.05, 3.63) is 47.5 Å². The second kappa shape index (κ2) is 8.85. The van der Waals surface area contributed by atoms with Gasteiger partial charge in [0.05, 0.1) is 18.6 Å². The molecule has 0 amide bonds. The van der Waals surface area contributed by atoms with Gasteiger partial charge in [-0.3, -0.25) is 9.03 Å². The molecule has 0 unspecified atom stereocenters. The van der Waals surface area contributed by atoms with Gasteiger partial charge in [0, 0.05) is 12.2 Å². The number of aryl methyl sites for hydroxylation is 2. The first-order chi connectivity index (χ1) is 14.2. The van der Waals surface area contributed by atoms with Crippen LogP contribution in [-0.4, -0.2) is 36.2 Å². The van der Waals surface area contributed by atoms with Crippen LogP contribution in [-0.2, 0) is 32.9 Å². The van der Waals surface area contributed by atoms with Gasteiger partial charge in [-0.2, -0.15) is 0 Å². The number of sulfonamides is 2. The number of hydrogen-bond donors (Lipinski definition) is 1. The number of nitrogens with zero attached hydrogens (tertiary/aromatic N) is 1. The number of rotatable bonds is 8. The van der Waals surface area contributed by atoms with E-state index in [1.165, 1.54) is 11.4 Å². The molecule has 0 aliphatic carbocycles. The molecule has 1 aliphatic rings. The standard InChI is InChI=1S/C21H28N2O5S2/c1-4-13-29(24,25)23-12-6-7-17-15-18(9-10-19(17)23)22-30(26,27)21-14-16(5-2)8-11-20(21)28-3/h8-11,14-15,22H,4-7,12-13H2,1-3H3. The molecule has 0 saturated carbocycles. The molecule has 164 valence electrons. The number of methoxy groups -OCH3 is 1. The second-order valence-corrected chi connectivity index (χ2v) is 10.9. The first-order valence-corrected chi connectivity index (χ1v) is 13.1. The summed E-state index contributed by atoms with van der Waals surface area (Å²) >= 11 is 0. The normalized spacial score (nSPS) is 14.3. The Morgan fingerprint density at radius 3 is 2.50 bits per heavy atom. The van der Waals surface area contributed by atoms with E-state index in [9.17, 15) is 16.8 Å². The fraction of sp³-hybridized carbons (Fsp3) is 0.429. The molecule has 1 heterocycles. The molecule has 2 aromatic carbocycles. The summed E-state index contributed by atoms with van der Waals surface area (Å²) in [5, 5.41) is 0. The zero-order valence-corrected chi connectivity index (χ0v) is 19.1. The predicted molar refractivity (Wildman–Crippen MR) is 119 cm³/mol. The van der Waals surface area contributed by atoms with Crippen LogP contribution in [0.4, 0.5) is 11.4 Å². The van der Waals surface area contributed by atoms with Crippen LogP contribution in [0.3, 0.4) is 0 Å². The summed E-state index contributed by atoms with van der Waals surface area (Å²) in [5.41, 5.74) is 2.73. The maximum absolute atomic E-state index is 13.0. The minimum Gasteiger partial charge on any atom is -0.495 e. The van der Waals surface area contributed by atoms with Crippen LogP contribution >= 0.6 is 0 Å². The summed E-state index contributed by atoms with van der Waals surface area (Å²) in [6.45, 7) is 4.23. The van der Waals surface area contributed by atoms with E-state index in [0.29, 0.717) is 43.6 Å². The molecule has 2 aromatic rings. The van der Waals surface area contributed by atoms with Gasteiger partial charge in [-0.1, -0.05) is 19.9 Å². The highest BCUT2D eigenvalue weighted by Gasteiger charge is 2.27. The Balaban J connectivity index is 1.94. The Labute approximate surface area is 179 Å². The highest BCUT2D eigenvalue weighted by molar-refractivity contribution is 7.93. The summed E-state index contributed by atoms with van der Waals surface area (Å²) in [6, 6.07) is 10.1. The van der Waals surface area contributed by atoms with Crippen molar-refractivity contribution < 1.29 is 21.6 Å². The van der Waals surface area contributed by atoms with E-state index in [1.807, 2.05) is 19.9 Å². The van der Waals surface area contributed by atoms with Crippen molar-refractivity contribution in [2.24, 2.45) is 0 Å². The van der Waals surface area contributed by atoms with E-state index >= 15 is 0 Å². The molecule has 0 spiro atoms. The maximum atomic E-state index is 13.0. The van der Waals surface area contributed by atoms with Crippen molar-refractivity contribution >= 4 is 31.4 Å². The van der Waals surface area contributed by atoms with Crippen LogP contribution in [0, 0.1) is 0 Å². The topological polar surface area (TPSA) is 92.8 Å². The number of fused-ring (bicyclic) bond motifs is 1. The Hall–Kier alpha value is -2.26. The van der Waals surface area contributed by atoms with Crippen LogP contribution in [0.1, 0.15) is 37.8 Å². The van der Waals surface area contributed by atoms with Gasteiger partial charge in [0.2, 0.25) is 10.0 Å². The number of anilines is 2. The van der Waals surface area contributed by atoms with E-state index in [2.05, 4.69) is 4.72 Å². The zero-order chi connectivity index (χ0) is 21.9. The Morgan fingerprint density at radius 2 is 1.83 bits per heavy atom. The minimum atomic E-state index is -3.87. The van der Waals surface area contributed by atoms with E-state index < -0.39 is 20.0 Å². The molecular formula is C21H28N2O5S2. The molecule has 1 aliphatic heterocycles. The van der Waals surface area contributed by atoms with Gasteiger partial charge in [-0.15, -0.1) is 0 Å². The van der Waals surface area contributed by atoms with Crippen molar-refractivity contribution in [2.45, 2.75) is 44.4 Å². The van der Waals surface area contributed by atoms with Gasteiger partial charge in [0.15, 0.2) is 0 Å². The van der Waals surface area contributed by atoms with Gasteiger partial charge in [-0.25, -0.2) is 16.8 Å². The first kappa shape index (κ1) is 22.4. The first-order valence-electron chi connectivity index (χ1n) is 10.0. The minimum absolute atomic E-state index is 0.0780. The number of ether oxygens (including phenoxy) is 1. The average Bonchev–Trinajstić information content (AvgIpc) is 2.72. The van der Waals surface area contributed by atoms with Crippen molar-refractivity contribution in [3.8, 4) is 5.75 Å². The summed E-state index contributed by atoms with van der Waals surface area (Å²) in [7, 11) is -5.81. The zero-order valence-electron chi connectivity index (χ0n) is 17.5. The fourth-order valence-electron chi connectivity index (χ4n) is 3.64. The van der Waals surface area contributed by atoms with Crippen molar-refractivity contribution in [3.63, 3.8) is 0 Å². The van der Waals surface area contributed by atoms with Gasteiger partial charge < -0.3 is 4.74 Å². The van der Waals surface area contributed by atoms with Crippen LogP contribution in [0.15, 0.2) is 41.3 Å². The van der Waals surface area contributed by atoms with Gasteiger partial charge in [-0.05, 0) is 67.1 Å². The lowest BCUT2D eigenvalue weighted by Crippen LogP contribution is -2.37. The van der Waals surface area contributed by atoms with Crippen molar-refractivity contribution in [1.29, 1.82) is 0 Å². The summed E-state index contributed by atoms with van der Waals surface area (Å²) < 4.78 is 60.5. The lowest BCUT2D eigenvalue weighted by atomic mass is 10.0. The second-order valence-electron chi connectivity index (χ2n) is 7.28. The van der Waals surface area contributed by atoms with E-state index in [0.717, 1.165) is 11.1 Å².